The molecule has 0 spiro atoms. The van der Waals surface area contributed by atoms with Gasteiger partial charge in [-0.2, -0.15) is 0 Å². The second-order valence-corrected chi connectivity index (χ2v) is 8.35. The van der Waals surface area contributed by atoms with Crippen molar-refractivity contribution in [3.8, 4) is 0 Å². The van der Waals surface area contributed by atoms with E-state index in [1.807, 2.05) is 0 Å². The second-order valence-electron chi connectivity index (χ2n) is 8.35. The summed E-state index contributed by atoms with van der Waals surface area (Å²) in [7, 11) is 0. The van der Waals surface area contributed by atoms with E-state index in [4.69, 9.17) is 0 Å². The number of rotatable bonds is 4. The fraction of sp³-hybridized carbons (Fsp3) is 0.478. The van der Waals surface area contributed by atoms with E-state index >= 15 is 0 Å². The molecule has 0 heterocycles. The summed E-state index contributed by atoms with van der Waals surface area (Å²) in [6.07, 6.45) is 6.56. The average Bonchev–Trinajstić information content (AvgIpc) is 2.93. The van der Waals surface area contributed by atoms with Crippen molar-refractivity contribution in [2.45, 2.75) is 52.9 Å². The first-order valence-corrected chi connectivity index (χ1v) is 9.09. The van der Waals surface area contributed by atoms with Gasteiger partial charge in [-0.3, -0.25) is 0 Å². The van der Waals surface area contributed by atoms with Gasteiger partial charge in [0.2, 0.25) is 0 Å². The van der Waals surface area contributed by atoms with Gasteiger partial charge >= 0.3 is 0 Å². The molecular formula is C23H30. The molecule has 0 bridgehead atoms. The molecule has 0 saturated heterocycles. The minimum absolute atomic E-state index is 0.332. The van der Waals surface area contributed by atoms with E-state index < -0.39 is 0 Å². The Labute approximate surface area is 141 Å². The molecular weight excluding hydrogens is 276 g/mol. The molecule has 0 aromatic heterocycles. The molecule has 122 valence electrons. The van der Waals surface area contributed by atoms with E-state index in [0.29, 0.717) is 10.8 Å². The van der Waals surface area contributed by atoms with E-state index in [2.05, 4.69) is 81.4 Å². The van der Waals surface area contributed by atoms with Crippen molar-refractivity contribution >= 4 is 0 Å². The van der Waals surface area contributed by atoms with Crippen molar-refractivity contribution in [3.05, 3.63) is 71.8 Å². The zero-order valence-corrected chi connectivity index (χ0v) is 14.9. The Morgan fingerprint density at radius 1 is 0.870 bits per heavy atom. The molecule has 0 N–H and O–H groups in total. The minimum atomic E-state index is 0.332. The SMILES string of the molecule is CC(C)(C)C1(Cc2ccccc2)CCCC1Cc1ccccc1. The highest BCUT2D eigenvalue weighted by molar-refractivity contribution is 5.21. The van der Waals surface area contributed by atoms with Gasteiger partial charge < -0.3 is 0 Å². The summed E-state index contributed by atoms with van der Waals surface area (Å²) in [6, 6.07) is 22.2. The smallest absolute Gasteiger partial charge is 0.0177 e. The topological polar surface area (TPSA) is 0 Å². The molecule has 2 aromatic rings. The van der Waals surface area contributed by atoms with Crippen molar-refractivity contribution in [1.82, 2.24) is 0 Å². The van der Waals surface area contributed by atoms with Crippen LogP contribution in [-0.2, 0) is 12.8 Å². The highest BCUT2D eigenvalue weighted by Crippen LogP contribution is 2.57. The minimum Gasteiger partial charge on any atom is -0.0622 e. The van der Waals surface area contributed by atoms with E-state index in [-0.39, 0.29) is 0 Å². The first-order valence-electron chi connectivity index (χ1n) is 9.09. The first kappa shape index (κ1) is 16.3. The summed E-state index contributed by atoms with van der Waals surface area (Å²) in [5, 5.41) is 0. The Hall–Kier alpha value is -1.56. The Kier molecular flexibility index (Phi) is 4.62. The summed E-state index contributed by atoms with van der Waals surface area (Å²) in [6.45, 7) is 7.37. The van der Waals surface area contributed by atoms with E-state index in [9.17, 15) is 0 Å². The molecule has 0 amide bonds. The van der Waals surface area contributed by atoms with Crippen LogP contribution < -0.4 is 0 Å². The van der Waals surface area contributed by atoms with Crippen LogP contribution in [0.3, 0.4) is 0 Å². The number of hydrogen-bond acceptors (Lipinski definition) is 0. The van der Waals surface area contributed by atoms with E-state index in [1.54, 1.807) is 0 Å². The van der Waals surface area contributed by atoms with Gasteiger partial charge in [-0.25, -0.2) is 0 Å². The molecule has 0 heteroatoms. The third-order valence-electron chi connectivity index (χ3n) is 6.14. The van der Waals surface area contributed by atoms with Crippen LogP contribution in [0.15, 0.2) is 60.7 Å². The molecule has 23 heavy (non-hydrogen) atoms. The van der Waals surface area contributed by atoms with Gasteiger partial charge in [0, 0.05) is 0 Å². The lowest BCUT2D eigenvalue weighted by Crippen LogP contribution is -2.41. The molecule has 2 atom stereocenters. The van der Waals surface area contributed by atoms with Crippen LogP contribution in [0, 0.1) is 16.7 Å². The second kappa shape index (κ2) is 6.51. The molecule has 2 aromatic carbocycles. The summed E-state index contributed by atoms with van der Waals surface area (Å²) in [5.41, 5.74) is 3.74. The van der Waals surface area contributed by atoms with Crippen LogP contribution in [0.2, 0.25) is 0 Å². The van der Waals surface area contributed by atoms with Crippen molar-refractivity contribution in [2.75, 3.05) is 0 Å². The fourth-order valence-corrected chi connectivity index (χ4v) is 4.79. The highest BCUT2D eigenvalue weighted by atomic mass is 14.5. The maximum atomic E-state index is 2.46. The van der Waals surface area contributed by atoms with E-state index in [1.165, 1.54) is 43.2 Å². The maximum Gasteiger partial charge on any atom is -0.0177 e. The van der Waals surface area contributed by atoms with Gasteiger partial charge in [0.15, 0.2) is 0 Å². The number of benzene rings is 2. The van der Waals surface area contributed by atoms with Crippen LogP contribution in [0.25, 0.3) is 0 Å². The lowest BCUT2D eigenvalue weighted by Gasteiger charge is -2.47. The largest absolute Gasteiger partial charge is 0.0622 e. The van der Waals surface area contributed by atoms with Crippen molar-refractivity contribution in [1.29, 1.82) is 0 Å². The fourth-order valence-electron chi connectivity index (χ4n) is 4.79. The number of hydrogen-bond donors (Lipinski definition) is 0. The average molecular weight is 306 g/mol. The van der Waals surface area contributed by atoms with Gasteiger partial charge in [-0.05, 0) is 53.6 Å². The van der Waals surface area contributed by atoms with Crippen LogP contribution in [0.4, 0.5) is 0 Å². The Morgan fingerprint density at radius 3 is 2.00 bits per heavy atom. The third kappa shape index (κ3) is 3.37. The molecule has 2 unspecified atom stereocenters. The standard InChI is InChI=1S/C23H30/c1-22(2,3)23(18-20-13-8-5-9-14-20)16-10-15-21(23)17-19-11-6-4-7-12-19/h4-9,11-14,21H,10,15-18H2,1-3H3. The molecule has 1 aliphatic rings. The van der Waals surface area contributed by atoms with Crippen molar-refractivity contribution < 1.29 is 0 Å². The van der Waals surface area contributed by atoms with Crippen LogP contribution in [0.5, 0.6) is 0 Å². The summed E-state index contributed by atoms with van der Waals surface area (Å²) in [4.78, 5) is 0. The van der Waals surface area contributed by atoms with Gasteiger partial charge in [0.25, 0.3) is 0 Å². The summed E-state index contributed by atoms with van der Waals surface area (Å²) >= 11 is 0. The van der Waals surface area contributed by atoms with Gasteiger partial charge in [0.1, 0.15) is 0 Å². The van der Waals surface area contributed by atoms with Gasteiger partial charge in [0.05, 0.1) is 0 Å². The third-order valence-corrected chi connectivity index (χ3v) is 6.14. The Morgan fingerprint density at radius 2 is 1.43 bits per heavy atom. The Bertz CT molecular complexity index is 605. The van der Waals surface area contributed by atoms with Crippen molar-refractivity contribution in [2.24, 2.45) is 16.7 Å². The monoisotopic (exact) mass is 306 g/mol. The molecule has 1 aliphatic carbocycles. The maximum absolute atomic E-state index is 2.46. The molecule has 1 fully saturated rings. The molecule has 0 aliphatic heterocycles. The lowest BCUT2D eigenvalue weighted by molar-refractivity contribution is 0.0387. The predicted molar refractivity (Wildman–Crippen MR) is 99.5 cm³/mol. The Balaban J connectivity index is 1.91. The highest BCUT2D eigenvalue weighted by Gasteiger charge is 2.50. The van der Waals surface area contributed by atoms with Crippen LogP contribution >= 0.6 is 0 Å². The first-order chi connectivity index (χ1) is 11.0. The zero-order valence-electron chi connectivity index (χ0n) is 14.9. The normalized spacial score (nSPS) is 24.7. The summed E-state index contributed by atoms with van der Waals surface area (Å²) < 4.78 is 0. The molecule has 0 nitrogen and oxygen atoms in total. The summed E-state index contributed by atoms with van der Waals surface area (Å²) in [5.74, 6) is 0.783. The van der Waals surface area contributed by atoms with Crippen LogP contribution in [0.1, 0.15) is 51.2 Å². The van der Waals surface area contributed by atoms with Gasteiger partial charge in [-0.1, -0.05) is 87.9 Å². The van der Waals surface area contributed by atoms with E-state index in [0.717, 1.165) is 5.92 Å². The predicted octanol–water partition coefficient (Wildman–Crippen LogP) is 6.30. The molecule has 3 rings (SSSR count). The molecule has 1 saturated carbocycles. The quantitative estimate of drug-likeness (QED) is 0.621. The molecule has 0 radical (unpaired) electrons. The van der Waals surface area contributed by atoms with Gasteiger partial charge in [-0.15, -0.1) is 0 Å². The zero-order chi connectivity index (χ0) is 16.3. The van der Waals surface area contributed by atoms with Crippen molar-refractivity contribution in [3.63, 3.8) is 0 Å². The lowest BCUT2D eigenvalue weighted by atomic mass is 9.57. The van der Waals surface area contributed by atoms with Crippen LogP contribution in [-0.4, -0.2) is 0 Å².